The molecule has 8 nitrogen and oxygen atoms in total. The van der Waals surface area contributed by atoms with Crippen molar-refractivity contribution in [2.45, 2.75) is 82.0 Å². The van der Waals surface area contributed by atoms with Crippen LogP contribution in [0.3, 0.4) is 0 Å². The number of hydrogen-bond acceptors (Lipinski definition) is 8. The van der Waals surface area contributed by atoms with Crippen molar-refractivity contribution in [3.05, 3.63) is 40.3 Å². The second kappa shape index (κ2) is 9.27. The van der Waals surface area contributed by atoms with E-state index in [0.29, 0.717) is 56.3 Å². The predicted molar refractivity (Wildman–Crippen MR) is 140 cm³/mol. The Labute approximate surface area is 221 Å². The van der Waals surface area contributed by atoms with Crippen LogP contribution in [0.25, 0.3) is 0 Å². The second-order valence-corrected chi connectivity index (χ2v) is 11.9. The zero-order chi connectivity index (χ0) is 26.0. The number of nitrogens with zero attached hydrogens (tertiary/aromatic N) is 4. The minimum Gasteiger partial charge on any atom is -0.461 e. The van der Waals surface area contributed by atoms with Crippen LogP contribution in [0.2, 0.25) is 0 Å². The Morgan fingerprint density at radius 2 is 2.03 bits per heavy atom. The number of alkyl halides is 1. The number of nitrogens with one attached hydrogen (secondary N) is 1. The highest BCUT2D eigenvalue weighted by molar-refractivity contribution is 5.53. The van der Waals surface area contributed by atoms with Crippen molar-refractivity contribution < 1.29 is 18.3 Å². The molecule has 204 valence electrons. The van der Waals surface area contributed by atoms with E-state index in [1.165, 1.54) is 0 Å². The number of aryl methyl sites for hydroxylation is 1. The van der Waals surface area contributed by atoms with E-state index in [0.717, 1.165) is 68.0 Å². The Kier molecular flexibility index (Phi) is 5.97. The van der Waals surface area contributed by atoms with Gasteiger partial charge in [-0.05, 0) is 50.8 Å². The van der Waals surface area contributed by atoms with Gasteiger partial charge in [0.1, 0.15) is 18.6 Å². The fourth-order valence-electron chi connectivity index (χ4n) is 7.43. The van der Waals surface area contributed by atoms with Crippen LogP contribution in [0, 0.1) is 12.7 Å². The van der Waals surface area contributed by atoms with Crippen LogP contribution in [0.4, 0.5) is 20.3 Å². The highest BCUT2D eigenvalue weighted by atomic mass is 19.1. The van der Waals surface area contributed by atoms with E-state index in [1.807, 2.05) is 6.92 Å². The first kappa shape index (κ1) is 24.5. The number of anilines is 2. The van der Waals surface area contributed by atoms with Crippen molar-refractivity contribution in [3.63, 3.8) is 0 Å². The van der Waals surface area contributed by atoms with E-state index < -0.39 is 18.1 Å². The summed E-state index contributed by atoms with van der Waals surface area (Å²) < 4.78 is 41.9. The molecular formula is C28H36F2N6O2. The SMILES string of the molecule is Cc1cc(N)c(F)c([C@@H]2Cc3nc(OC[C@@]45CCCN4C[C@H](F)C5)nc(N4CC5CCC(C4)N5)c3CO2)c1. The summed E-state index contributed by atoms with van der Waals surface area (Å²) in [5.41, 5.74) is 8.89. The predicted octanol–water partition coefficient (Wildman–Crippen LogP) is 3.22. The molecule has 1 aromatic heterocycles. The lowest BCUT2D eigenvalue weighted by Gasteiger charge is -2.37. The quantitative estimate of drug-likeness (QED) is 0.575. The zero-order valence-corrected chi connectivity index (χ0v) is 21.9. The lowest BCUT2D eigenvalue weighted by Crippen LogP contribution is -2.52. The molecule has 1 aromatic carbocycles. The van der Waals surface area contributed by atoms with Gasteiger partial charge < -0.3 is 25.4 Å². The highest BCUT2D eigenvalue weighted by Crippen LogP contribution is 2.41. The third kappa shape index (κ3) is 4.21. The largest absolute Gasteiger partial charge is 0.461 e. The summed E-state index contributed by atoms with van der Waals surface area (Å²) in [7, 11) is 0. The highest BCUT2D eigenvalue weighted by Gasteiger charge is 2.49. The molecule has 3 N–H and O–H groups in total. The van der Waals surface area contributed by atoms with E-state index >= 15 is 4.39 Å². The number of halogens is 2. The third-order valence-corrected chi connectivity index (χ3v) is 9.23. The minimum absolute atomic E-state index is 0.126. The number of nitrogens with two attached hydrogens (primary N) is 1. The van der Waals surface area contributed by atoms with Crippen molar-refractivity contribution in [1.29, 1.82) is 0 Å². The number of piperazine rings is 1. The van der Waals surface area contributed by atoms with Gasteiger partial charge in [0.2, 0.25) is 0 Å². The normalized spacial score (nSPS) is 32.4. The Bertz CT molecular complexity index is 1230. The van der Waals surface area contributed by atoms with Crippen LogP contribution < -0.4 is 20.7 Å². The second-order valence-electron chi connectivity index (χ2n) is 11.9. The molecule has 0 aliphatic carbocycles. The van der Waals surface area contributed by atoms with Crippen molar-refractivity contribution in [3.8, 4) is 6.01 Å². The summed E-state index contributed by atoms with van der Waals surface area (Å²) >= 11 is 0. The van der Waals surface area contributed by atoms with E-state index in [9.17, 15) is 4.39 Å². The first-order valence-electron chi connectivity index (χ1n) is 14.0. The summed E-state index contributed by atoms with van der Waals surface area (Å²) in [6.45, 7) is 5.70. The number of nitrogen functional groups attached to an aromatic ring is 1. The van der Waals surface area contributed by atoms with Crippen LogP contribution in [0.1, 0.15) is 60.6 Å². The number of benzene rings is 1. The van der Waals surface area contributed by atoms with E-state index in [4.69, 9.17) is 25.2 Å². The maximum Gasteiger partial charge on any atom is 0.318 e. The maximum absolute atomic E-state index is 15.0. The molecule has 4 fully saturated rings. The zero-order valence-electron chi connectivity index (χ0n) is 21.9. The Morgan fingerprint density at radius 1 is 1.21 bits per heavy atom. The Balaban J connectivity index is 1.21. The molecule has 0 radical (unpaired) electrons. The first-order valence-corrected chi connectivity index (χ1v) is 14.0. The number of ether oxygens (including phenoxy) is 2. The molecule has 10 heteroatoms. The van der Waals surface area contributed by atoms with E-state index in [2.05, 4.69) is 15.1 Å². The van der Waals surface area contributed by atoms with Crippen molar-refractivity contribution >= 4 is 11.5 Å². The average molecular weight is 527 g/mol. The van der Waals surface area contributed by atoms with Crippen molar-refractivity contribution in [2.75, 3.05) is 43.4 Å². The van der Waals surface area contributed by atoms with Gasteiger partial charge >= 0.3 is 6.01 Å². The fraction of sp³-hybridized carbons (Fsp3) is 0.643. The molecule has 5 atom stereocenters. The first-order chi connectivity index (χ1) is 18.4. The fourth-order valence-corrected chi connectivity index (χ4v) is 7.43. The molecule has 6 heterocycles. The van der Waals surface area contributed by atoms with Gasteiger partial charge in [-0.15, -0.1) is 0 Å². The van der Waals surface area contributed by atoms with Crippen molar-refractivity contribution in [2.24, 2.45) is 0 Å². The molecule has 2 bridgehead atoms. The third-order valence-electron chi connectivity index (χ3n) is 9.23. The smallest absolute Gasteiger partial charge is 0.318 e. The van der Waals surface area contributed by atoms with Gasteiger partial charge in [-0.2, -0.15) is 9.97 Å². The monoisotopic (exact) mass is 526 g/mol. The Morgan fingerprint density at radius 3 is 2.84 bits per heavy atom. The Hall–Kier alpha value is -2.56. The number of rotatable bonds is 5. The van der Waals surface area contributed by atoms with Crippen LogP contribution in [-0.4, -0.2) is 71.4 Å². The minimum atomic E-state index is -0.815. The van der Waals surface area contributed by atoms with E-state index in [-0.39, 0.29) is 11.2 Å². The van der Waals surface area contributed by atoms with Crippen molar-refractivity contribution in [1.82, 2.24) is 20.2 Å². The average Bonchev–Trinajstić information content (AvgIpc) is 3.54. The molecule has 0 amide bonds. The maximum atomic E-state index is 15.0. The number of fused-ring (bicyclic) bond motifs is 4. The van der Waals surface area contributed by atoms with Gasteiger partial charge in [0.05, 0.1) is 29.6 Å². The summed E-state index contributed by atoms with van der Waals surface area (Å²) in [6.07, 6.45) is 3.90. The number of hydrogen-bond donors (Lipinski definition) is 2. The summed E-state index contributed by atoms with van der Waals surface area (Å²) in [5, 5.41) is 3.68. The molecule has 7 rings (SSSR count). The molecule has 2 aromatic rings. The molecule has 38 heavy (non-hydrogen) atoms. The summed E-state index contributed by atoms with van der Waals surface area (Å²) in [5.74, 6) is 0.414. The topological polar surface area (TPSA) is 88.8 Å². The van der Waals surface area contributed by atoms with Gasteiger partial charge in [0.25, 0.3) is 0 Å². The van der Waals surface area contributed by atoms with Gasteiger partial charge in [-0.3, -0.25) is 4.90 Å². The van der Waals surface area contributed by atoms with Crippen LogP contribution in [0.5, 0.6) is 6.01 Å². The molecule has 5 aliphatic rings. The molecule has 4 saturated heterocycles. The van der Waals surface area contributed by atoms with Gasteiger partial charge in [-0.25, -0.2) is 8.78 Å². The molecule has 0 spiro atoms. The molecule has 2 unspecified atom stereocenters. The van der Waals surface area contributed by atoms with Gasteiger partial charge in [0, 0.05) is 55.7 Å². The van der Waals surface area contributed by atoms with Crippen LogP contribution in [0.15, 0.2) is 12.1 Å². The van der Waals surface area contributed by atoms with Crippen LogP contribution in [-0.2, 0) is 17.8 Å². The summed E-state index contributed by atoms with van der Waals surface area (Å²) in [4.78, 5) is 14.3. The van der Waals surface area contributed by atoms with E-state index in [1.54, 1.807) is 12.1 Å². The standard InChI is InChI=1S/C28H36F2N6O2/c1-16-7-20(25(30)22(31)8-16)24-9-23-21(14-37-24)26(35-12-18-3-4-19(13-35)32-18)34-27(33-23)38-15-28-5-2-6-36(28)11-17(29)10-28/h7-8,17-19,24,32H,2-6,9-15,31H2,1H3/t17-,18?,19?,24+,28+/m1/s1. The lowest BCUT2D eigenvalue weighted by atomic mass is 9.95. The molecule has 5 aliphatic heterocycles. The lowest BCUT2D eigenvalue weighted by molar-refractivity contribution is 0.0232. The van der Waals surface area contributed by atoms with Gasteiger partial charge in [0.15, 0.2) is 5.82 Å². The van der Waals surface area contributed by atoms with Gasteiger partial charge in [-0.1, -0.05) is 6.07 Å². The molecular weight excluding hydrogens is 490 g/mol. The number of aromatic nitrogens is 2. The molecule has 0 saturated carbocycles. The summed E-state index contributed by atoms with van der Waals surface area (Å²) in [6, 6.07) is 4.64. The van der Waals surface area contributed by atoms with Crippen LogP contribution >= 0.6 is 0 Å².